The monoisotopic (exact) mass is 436 g/mol. The summed E-state index contributed by atoms with van der Waals surface area (Å²) in [6.45, 7) is 2.80. The normalized spacial score (nSPS) is 10.9. The van der Waals surface area contributed by atoms with E-state index in [9.17, 15) is 4.79 Å². The van der Waals surface area contributed by atoms with Gasteiger partial charge in [0.2, 0.25) is 0 Å². The molecule has 0 saturated heterocycles. The van der Waals surface area contributed by atoms with E-state index < -0.39 is 0 Å². The van der Waals surface area contributed by atoms with Crippen molar-refractivity contribution in [1.82, 2.24) is 4.98 Å². The number of nitrogens with zero attached hydrogens (tertiary/aromatic N) is 1. The maximum Gasteiger partial charge on any atom is 0.255 e. The first-order chi connectivity index (χ1) is 14.6. The van der Waals surface area contributed by atoms with Crippen LogP contribution in [-0.4, -0.2) is 17.5 Å². The highest BCUT2D eigenvalue weighted by Gasteiger charge is 2.12. The molecule has 0 aliphatic carbocycles. The number of benzene rings is 3. The number of unbranched alkanes of at least 4 members (excludes halogenated alkanes) is 1. The zero-order valence-electron chi connectivity index (χ0n) is 16.5. The van der Waals surface area contributed by atoms with Crippen molar-refractivity contribution in [3.63, 3.8) is 0 Å². The molecule has 0 bridgehead atoms. The van der Waals surface area contributed by atoms with E-state index in [1.165, 1.54) is 0 Å². The minimum atomic E-state index is -0.195. The number of carbonyl (C=O) groups excluding carboxylic acids is 1. The summed E-state index contributed by atoms with van der Waals surface area (Å²) in [5.41, 5.74) is 3.00. The third kappa shape index (κ3) is 4.64. The topological polar surface area (TPSA) is 51.2 Å². The fourth-order valence-electron chi connectivity index (χ4n) is 2.99. The number of amides is 1. The quantitative estimate of drug-likeness (QED) is 0.316. The van der Waals surface area contributed by atoms with Crippen molar-refractivity contribution in [1.29, 1.82) is 0 Å². The zero-order chi connectivity index (χ0) is 20.9. The van der Waals surface area contributed by atoms with Crippen LogP contribution < -0.4 is 10.1 Å². The van der Waals surface area contributed by atoms with Gasteiger partial charge in [0.15, 0.2) is 0 Å². The summed E-state index contributed by atoms with van der Waals surface area (Å²) in [6, 6.07) is 20.6. The first-order valence-electron chi connectivity index (χ1n) is 9.84. The van der Waals surface area contributed by atoms with Gasteiger partial charge in [0, 0.05) is 16.8 Å². The molecule has 1 amide bonds. The van der Waals surface area contributed by atoms with Gasteiger partial charge in [0.05, 0.1) is 21.8 Å². The highest BCUT2D eigenvalue weighted by molar-refractivity contribution is 7.21. The van der Waals surface area contributed by atoms with E-state index in [1.54, 1.807) is 29.5 Å². The molecule has 0 aliphatic rings. The summed E-state index contributed by atoms with van der Waals surface area (Å²) >= 11 is 8.10. The number of halogens is 1. The molecule has 152 valence electrons. The maximum atomic E-state index is 12.6. The lowest BCUT2D eigenvalue weighted by atomic mass is 10.1. The third-order valence-electron chi connectivity index (χ3n) is 4.63. The smallest absolute Gasteiger partial charge is 0.255 e. The molecular weight excluding hydrogens is 416 g/mol. The molecule has 4 nitrogen and oxygen atoms in total. The van der Waals surface area contributed by atoms with Gasteiger partial charge in [-0.25, -0.2) is 4.98 Å². The number of ether oxygens (including phenoxy) is 1. The number of nitrogens with one attached hydrogen (secondary N) is 1. The first-order valence-corrected chi connectivity index (χ1v) is 11.0. The predicted octanol–water partition coefficient (Wildman–Crippen LogP) is 7.05. The Morgan fingerprint density at radius 2 is 1.90 bits per heavy atom. The number of thiazole rings is 1. The van der Waals surface area contributed by atoms with Crippen molar-refractivity contribution in [2.45, 2.75) is 19.8 Å². The van der Waals surface area contributed by atoms with Crippen molar-refractivity contribution < 1.29 is 9.53 Å². The number of rotatable bonds is 7. The number of fused-ring (bicyclic) bond motifs is 1. The first kappa shape index (κ1) is 20.4. The van der Waals surface area contributed by atoms with Crippen LogP contribution in [0.3, 0.4) is 0 Å². The molecule has 0 spiro atoms. The van der Waals surface area contributed by atoms with Crippen molar-refractivity contribution >= 4 is 44.7 Å². The lowest BCUT2D eigenvalue weighted by molar-refractivity contribution is 0.102. The molecule has 1 heterocycles. The third-order valence-corrected chi connectivity index (χ3v) is 6.02. The Balaban J connectivity index is 1.46. The van der Waals surface area contributed by atoms with Crippen LogP contribution in [0.25, 0.3) is 20.8 Å². The number of aromatic nitrogens is 1. The number of para-hydroxylation sites is 1. The van der Waals surface area contributed by atoms with Crippen LogP contribution in [0.15, 0.2) is 66.7 Å². The molecule has 0 saturated carbocycles. The van der Waals surface area contributed by atoms with Crippen LogP contribution in [0.2, 0.25) is 5.02 Å². The molecule has 30 heavy (non-hydrogen) atoms. The summed E-state index contributed by atoms with van der Waals surface area (Å²) in [7, 11) is 0. The summed E-state index contributed by atoms with van der Waals surface area (Å²) in [6.07, 6.45) is 2.09. The van der Waals surface area contributed by atoms with Gasteiger partial charge in [-0.05, 0) is 61.0 Å². The average Bonchev–Trinajstić information content (AvgIpc) is 3.18. The van der Waals surface area contributed by atoms with Gasteiger partial charge >= 0.3 is 0 Å². The summed E-state index contributed by atoms with van der Waals surface area (Å²) in [4.78, 5) is 17.2. The lowest BCUT2D eigenvalue weighted by Crippen LogP contribution is -2.11. The van der Waals surface area contributed by atoms with E-state index in [4.69, 9.17) is 16.3 Å². The Morgan fingerprint density at radius 1 is 1.10 bits per heavy atom. The number of hydrogen-bond donors (Lipinski definition) is 1. The molecule has 0 fully saturated rings. The van der Waals surface area contributed by atoms with E-state index in [0.29, 0.717) is 22.9 Å². The molecule has 0 radical (unpaired) electrons. The van der Waals surface area contributed by atoms with Gasteiger partial charge in [-0.2, -0.15) is 0 Å². The SMILES string of the molecule is CCCCOc1ccc(C(=O)Nc2ccc(-c3nc4ccccc4s3)c(Cl)c2)cc1. The van der Waals surface area contributed by atoms with Gasteiger partial charge in [-0.15, -0.1) is 11.3 Å². The van der Waals surface area contributed by atoms with Crippen LogP contribution in [0.1, 0.15) is 30.1 Å². The highest BCUT2D eigenvalue weighted by atomic mass is 35.5. The lowest BCUT2D eigenvalue weighted by Gasteiger charge is -2.09. The molecule has 0 atom stereocenters. The Labute approximate surface area is 184 Å². The number of anilines is 1. The van der Waals surface area contributed by atoms with Crippen molar-refractivity contribution in [2.75, 3.05) is 11.9 Å². The average molecular weight is 437 g/mol. The van der Waals surface area contributed by atoms with Gasteiger partial charge in [-0.3, -0.25) is 4.79 Å². The fraction of sp³-hybridized carbons (Fsp3) is 0.167. The van der Waals surface area contributed by atoms with Gasteiger partial charge in [0.1, 0.15) is 10.8 Å². The van der Waals surface area contributed by atoms with E-state index in [-0.39, 0.29) is 5.91 Å². The van der Waals surface area contributed by atoms with Crippen LogP contribution >= 0.6 is 22.9 Å². The molecule has 4 rings (SSSR count). The Kier molecular flexibility index (Phi) is 6.31. The Bertz CT molecular complexity index is 1140. The number of hydrogen-bond acceptors (Lipinski definition) is 4. The zero-order valence-corrected chi connectivity index (χ0v) is 18.1. The van der Waals surface area contributed by atoms with Gasteiger partial charge in [0.25, 0.3) is 5.91 Å². The summed E-state index contributed by atoms with van der Waals surface area (Å²) < 4.78 is 6.75. The number of carbonyl (C=O) groups is 1. The van der Waals surface area contributed by atoms with E-state index in [1.807, 2.05) is 48.5 Å². The molecule has 6 heteroatoms. The van der Waals surface area contributed by atoms with Crippen molar-refractivity contribution in [3.05, 3.63) is 77.3 Å². The second kappa shape index (κ2) is 9.28. The Morgan fingerprint density at radius 3 is 2.63 bits per heavy atom. The van der Waals surface area contributed by atoms with E-state index in [0.717, 1.165) is 39.4 Å². The molecule has 1 aromatic heterocycles. The molecule has 3 aromatic carbocycles. The van der Waals surface area contributed by atoms with E-state index >= 15 is 0 Å². The fourth-order valence-corrected chi connectivity index (χ4v) is 4.33. The van der Waals surface area contributed by atoms with Gasteiger partial charge < -0.3 is 10.1 Å². The molecule has 0 unspecified atom stereocenters. The van der Waals surface area contributed by atoms with E-state index in [2.05, 4.69) is 17.2 Å². The largest absolute Gasteiger partial charge is 0.494 e. The maximum absolute atomic E-state index is 12.6. The van der Waals surface area contributed by atoms with Crippen molar-refractivity contribution in [2.24, 2.45) is 0 Å². The minimum absolute atomic E-state index is 0.195. The molecule has 1 N–H and O–H groups in total. The molecular formula is C24H21ClN2O2S. The highest BCUT2D eigenvalue weighted by Crippen LogP contribution is 2.35. The summed E-state index contributed by atoms with van der Waals surface area (Å²) in [5, 5.41) is 4.30. The standard InChI is InChI=1S/C24H21ClN2O2S/c1-2-3-14-29-18-11-8-16(9-12-18)23(28)26-17-10-13-19(20(25)15-17)24-27-21-6-4-5-7-22(21)30-24/h4-13,15H,2-3,14H2,1H3,(H,26,28). The molecule has 0 aliphatic heterocycles. The summed E-state index contributed by atoms with van der Waals surface area (Å²) in [5.74, 6) is 0.571. The molecule has 4 aromatic rings. The second-order valence-electron chi connectivity index (χ2n) is 6.86. The van der Waals surface area contributed by atoms with Crippen molar-refractivity contribution in [3.8, 4) is 16.3 Å². The van der Waals surface area contributed by atoms with Crippen LogP contribution in [0.5, 0.6) is 5.75 Å². The predicted molar refractivity (Wildman–Crippen MR) is 125 cm³/mol. The van der Waals surface area contributed by atoms with Crippen LogP contribution in [-0.2, 0) is 0 Å². The minimum Gasteiger partial charge on any atom is -0.494 e. The van der Waals surface area contributed by atoms with Crippen LogP contribution in [0, 0.1) is 0 Å². The van der Waals surface area contributed by atoms with Gasteiger partial charge in [-0.1, -0.05) is 37.1 Å². The second-order valence-corrected chi connectivity index (χ2v) is 8.30. The van der Waals surface area contributed by atoms with Crippen LogP contribution in [0.4, 0.5) is 5.69 Å². The Hall–Kier alpha value is -2.89.